The minimum Gasteiger partial charge on any atom is -0.507 e. The molecule has 7 heteroatoms. The zero-order valence-electron chi connectivity index (χ0n) is 9.22. The van der Waals surface area contributed by atoms with Crippen LogP contribution in [0.15, 0.2) is 22.7 Å². The van der Waals surface area contributed by atoms with Gasteiger partial charge in [0, 0.05) is 17.4 Å². The van der Waals surface area contributed by atoms with E-state index in [2.05, 4.69) is 21.2 Å². The Morgan fingerprint density at radius 1 is 1.39 bits per heavy atom. The molecule has 100 valence electrons. The standard InChI is InChI=1S/C11H11BrF3NO2/c12-7-2-3-9(17)8(6-7)10(18)16-5-1-4-11(13,14)15/h2-3,6,17H,1,4-5H2,(H,16,18). The molecule has 1 aromatic rings. The third-order valence-corrected chi connectivity index (χ3v) is 2.62. The highest BCUT2D eigenvalue weighted by Gasteiger charge is 2.26. The largest absolute Gasteiger partial charge is 0.507 e. The van der Waals surface area contributed by atoms with Gasteiger partial charge < -0.3 is 10.4 Å². The maximum Gasteiger partial charge on any atom is 0.389 e. The van der Waals surface area contributed by atoms with Gasteiger partial charge in [-0.05, 0) is 24.6 Å². The number of phenolic OH excluding ortho intramolecular Hbond substituents is 1. The summed E-state index contributed by atoms with van der Waals surface area (Å²) in [5.41, 5.74) is 0.0244. The Labute approximate surface area is 110 Å². The first-order chi connectivity index (χ1) is 8.29. The third-order valence-electron chi connectivity index (χ3n) is 2.13. The van der Waals surface area contributed by atoms with Crippen molar-refractivity contribution in [2.75, 3.05) is 6.54 Å². The van der Waals surface area contributed by atoms with E-state index >= 15 is 0 Å². The van der Waals surface area contributed by atoms with Crippen LogP contribution in [-0.2, 0) is 0 Å². The molecule has 0 spiro atoms. The lowest BCUT2D eigenvalue weighted by molar-refractivity contribution is -0.135. The van der Waals surface area contributed by atoms with Gasteiger partial charge in [0.15, 0.2) is 0 Å². The fraction of sp³-hybridized carbons (Fsp3) is 0.364. The predicted octanol–water partition coefficient (Wildman–Crippen LogP) is 3.23. The van der Waals surface area contributed by atoms with Crippen molar-refractivity contribution in [1.29, 1.82) is 0 Å². The third kappa shape index (κ3) is 4.95. The molecule has 1 rings (SSSR count). The number of nitrogens with one attached hydrogen (secondary N) is 1. The highest BCUT2D eigenvalue weighted by molar-refractivity contribution is 9.10. The molecule has 0 saturated carbocycles. The van der Waals surface area contributed by atoms with Crippen LogP contribution in [0.4, 0.5) is 13.2 Å². The molecule has 0 atom stereocenters. The second-order valence-electron chi connectivity index (χ2n) is 3.64. The number of carbonyl (C=O) groups is 1. The average Bonchev–Trinajstić information content (AvgIpc) is 2.26. The van der Waals surface area contributed by atoms with Gasteiger partial charge in [0.05, 0.1) is 5.56 Å². The highest BCUT2D eigenvalue weighted by Crippen LogP contribution is 2.22. The lowest BCUT2D eigenvalue weighted by Gasteiger charge is -2.08. The summed E-state index contributed by atoms with van der Waals surface area (Å²) in [6.45, 7) is -0.0930. The summed E-state index contributed by atoms with van der Waals surface area (Å²) < 4.78 is 36.2. The minimum atomic E-state index is -4.22. The van der Waals surface area contributed by atoms with Crippen molar-refractivity contribution >= 4 is 21.8 Å². The first-order valence-electron chi connectivity index (χ1n) is 5.13. The zero-order chi connectivity index (χ0) is 13.8. The highest BCUT2D eigenvalue weighted by atomic mass is 79.9. The SMILES string of the molecule is O=C(NCCCC(F)(F)F)c1cc(Br)ccc1O. The van der Waals surface area contributed by atoms with Gasteiger partial charge in [-0.2, -0.15) is 13.2 Å². The van der Waals surface area contributed by atoms with Crippen molar-refractivity contribution < 1.29 is 23.1 Å². The van der Waals surface area contributed by atoms with Gasteiger partial charge in [-0.25, -0.2) is 0 Å². The number of hydrogen-bond acceptors (Lipinski definition) is 2. The Balaban J connectivity index is 2.48. The molecule has 0 aromatic heterocycles. The van der Waals surface area contributed by atoms with E-state index in [-0.39, 0.29) is 24.3 Å². The number of alkyl halides is 3. The summed E-state index contributed by atoms with van der Waals surface area (Å²) in [5.74, 6) is -0.817. The van der Waals surface area contributed by atoms with Crippen LogP contribution in [0.5, 0.6) is 5.75 Å². The molecule has 0 aliphatic rings. The van der Waals surface area contributed by atoms with Crippen molar-refractivity contribution in [1.82, 2.24) is 5.32 Å². The normalized spacial score (nSPS) is 11.3. The van der Waals surface area contributed by atoms with Crippen LogP contribution in [0.3, 0.4) is 0 Å². The summed E-state index contributed by atoms with van der Waals surface area (Å²) in [6, 6.07) is 4.28. The molecule has 0 heterocycles. The number of amides is 1. The van der Waals surface area contributed by atoms with E-state index in [4.69, 9.17) is 0 Å². The van der Waals surface area contributed by atoms with Crippen LogP contribution >= 0.6 is 15.9 Å². The van der Waals surface area contributed by atoms with E-state index in [0.717, 1.165) is 0 Å². The number of hydrogen-bond donors (Lipinski definition) is 2. The van der Waals surface area contributed by atoms with E-state index in [1.54, 1.807) is 6.07 Å². The van der Waals surface area contributed by atoms with Gasteiger partial charge in [0.2, 0.25) is 0 Å². The summed E-state index contributed by atoms with van der Waals surface area (Å²) in [5, 5.41) is 11.7. The lowest BCUT2D eigenvalue weighted by atomic mass is 10.2. The minimum absolute atomic E-state index is 0.0244. The van der Waals surface area contributed by atoms with Crippen LogP contribution in [-0.4, -0.2) is 23.7 Å². The zero-order valence-corrected chi connectivity index (χ0v) is 10.8. The van der Waals surface area contributed by atoms with Crippen molar-refractivity contribution in [2.45, 2.75) is 19.0 Å². The maximum absolute atomic E-state index is 11.9. The first kappa shape index (κ1) is 14.8. The number of rotatable bonds is 4. The second kappa shape index (κ2) is 6.08. The topological polar surface area (TPSA) is 49.3 Å². The monoisotopic (exact) mass is 325 g/mol. The van der Waals surface area contributed by atoms with Gasteiger partial charge >= 0.3 is 6.18 Å². The van der Waals surface area contributed by atoms with Crippen molar-refractivity contribution in [3.63, 3.8) is 0 Å². The van der Waals surface area contributed by atoms with E-state index in [1.165, 1.54) is 12.1 Å². The lowest BCUT2D eigenvalue weighted by Crippen LogP contribution is -2.25. The van der Waals surface area contributed by atoms with Crippen LogP contribution in [0.25, 0.3) is 0 Å². The number of benzene rings is 1. The van der Waals surface area contributed by atoms with E-state index in [9.17, 15) is 23.1 Å². The van der Waals surface area contributed by atoms with E-state index < -0.39 is 18.5 Å². The molecule has 0 aliphatic carbocycles. The fourth-order valence-electron chi connectivity index (χ4n) is 1.28. The Morgan fingerprint density at radius 3 is 2.67 bits per heavy atom. The Bertz CT molecular complexity index is 435. The van der Waals surface area contributed by atoms with E-state index in [0.29, 0.717) is 4.47 Å². The Morgan fingerprint density at radius 2 is 2.06 bits per heavy atom. The number of aromatic hydroxyl groups is 1. The van der Waals surface area contributed by atoms with Crippen LogP contribution in [0.2, 0.25) is 0 Å². The van der Waals surface area contributed by atoms with Crippen LogP contribution in [0.1, 0.15) is 23.2 Å². The van der Waals surface area contributed by atoms with E-state index in [1.807, 2.05) is 0 Å². The maximum atomic E-state index is 11.9. The summed E-state index contributed by atoms with van der Waals surface area (Å²) in [6.07, 6.45) is -5.36. The van der Waals surface area contributed by atoms with Gasteiger partial charge in [0.1, 0.15) is 5.75 Å². The Hall–Kier alpha value is -1.24. The van der Waals surface area contributed by atoms with Gasteiger partial charge in [-0.15, -0.1) is 0 Å². The predicted molar refractivity (Wildman–Crippen MR) is 63.4 cm³/mol. The molecule has 2 N–H and O–H groups in total. The molecule has 3 nitrogen and oxygen atoms in total. The molecule has 18 heavy (non-hydrogen) atoms. The smallest absolute Gasteiger partial charge is 0.389 e. The molecule has 0 fully saturated rings. The number of carbonyl (C=O) groups excluding carboxylic acids is 1. The summed E-state index contributed by atoms with van der Waals surface area (Å²) >= 11 is 3.13. The quantitative estimate of drug-likeness (QED) is 0.835. The Kier molecular flexibility index (Phi) is 5.01. The van der Waals surface area contributed by atoms with Gasteiger partial charge in [-0.3, -0.25) is 4.79 Å². The summed E-state index contributed by atoms with van der Waals surface area (Å²) in [7, 11) is 0. The first-order valence-corrected chi connectivity index (χ1v) is 5.92. The molecule has 0 bridgehead atoms. The van der Waals surface area contributed by atoms with Crippen molar-refractivity contribution in [2.24, 2.45) is 0 Å². The summed E-state index contributed by atoms with van der Waals surface area (Å²) in [4.78, 5) is 11.6. The van der Waals surface area contributed by atoms with Crippen LogP contribution in [0, 0.1) is 0 Å². The van der Waals surface area contributed by atoms with Crippen molar-refractivity contribution in [3.05, 3.63) is 28.2 Å². The molecular weight excluding hydrogens is 315 g/mol. The molecule has 1 amide bonds. The molecule has 0 saturated heterocycles. The second-order valence-corrected chi connectivity index (χ2v) is 4.55. The average molecular weight is 326 g/mol. The van der Waals surface area contributed by atoms with Crippen molar-refractivity contribution in [3.8, 4) is 5.75 Å². The van der Waals surface area contributed by atoms with Crippen LogP contribution < -0.4 is 5.32 Å². The van der Waals surface area contributed by atoms with Gasteiger partial charge in [0.25, 0.3) is 5.91 Å². The molecule has 1 aromatic carbocycles. The fourth-order valence-corrected chi connectivity index (χ4v) is 1.64. The molecular formula is C11H11BrF3NO2. The molecule has 0 unspecified atom stereocenters. The number of phenols is 1. The number of halogens is 4. The molecule has 0 radical (unpaired) electrons. The van der Waals surface area contributed by atoms with Gasteiger partial charge in [-0.1, -0.05) is 15.9 Å². The molecule has 0 aliphatic heterocycles.